The van der Waals surface area contributed by atoms with E-state index in [0.717, 1.165) is 5.69 Å². The number of nitrogens with two attached hydrogens (primary N) is 1. The Kier molecular flexibility index (Phi) is 6.00. The summed E-state index contributed by atoms with van der Waals surface area (Å²) >= 11 is 0. The highest BCUT2D eigenvalue weighted by atomic mass is 16.6. The van der Waals surface area contributed by atoms with E-state index in [1.165, 1.54) is 0 Å². The zero-order valence-corrected chi connectivity index (χ0v) is 7.23. The molecule has 0 aliphatic heterocycles. The van der Waals surface area contributed by atoms with Crippen LogP contribution in [0.4, 0.5) is 10.5 Å². The molecule has 0 saturated carbocycles. The van der Waals surface area contributed by atoms with E-state index in [2.05, 4.69) is 16.1 Å². The standard InChI is InChI=1S/C7H9NO.CH3NO2/c1-9-8-7-5-3-2-4-6-7;2-1(3)4/h2-6,8H,1H3;2H2,(H,3,4). The molecule has 0 heterocycles. The second-order valence-electron chi connectivity index (χ2n) is 2.01. The number of amides is 1. The Morgan fingerprint density at radius 2 is 1.92 bits per heavy atom. The first kappa shape index (κ1) is 11.2. The number of hydrogen-bond acceptors (Lipinski definition) is 3. The van der Waals surface area contributed by atoms with Crippen molar-refractivity contribution in [3.8, 4) is 0 Å². The summed E-state index contributed by atoms with van der Waals surface area (Å²) in [6.07, 6.45) is -1.33. The SMILES string of the molecule is CONc1ccccc1.NC(=O)O. The number of benzene rings is 1. The van der Waals surface area contributed by atoms with Crippen molar-refractivity contribution in [2.24, 2.45) is 5.73 Å². The lowest BCUT2D eigenvalue weighted by Crippen LogP contribution is -2.03. The van der Waals surface area contributed by atoms with Crippen molar-refractivity contribution < 1.29 is 14.7 Å². The van der Waals surface area contributed by atoms with Crippen LogP contribution in [-0.4, -0.2) is 18.3 Å². The monoisotopic (exact) mass is 184 g/mol. The molecule has 1 rings (SSSR count). The van der Waals surface area contributed by atoms with Gasteiger partial charge in [-0.15, -0.1) is 0 Å². The molecule has 1 aromatic carbocycles. The first-order valence-electron chi connectivity index (χ1n) is 3.49. The Bertz CT molecular complexity index is 234. The van der Waals surface area contributed by atoms with Crippen LogP contribution in [0.1, 0.15) is 0 Å². The molecule has 5 nitrogen and oxygen atoms in total. The minimum atomic E-state index is -1.33. The normalized spacial score (nSPS) is 8.08. The number of anilines is 1. The van der Waals surface area contributed by atoms with Gasteiger partial charge < -0.3 is 10.8 Å². The van der Waals surface area contributed by atoms with Gasteiger partial charge in [0.2, 0.25) is 0 Å². The lowest BCUT2D eigenvalue weighted by atomic mass is 10.3. The molecule has 4 N–H and O–H groups in total. The molecule has 5 heteroatoms. The van der Waals surface area contributed by atoms with Gasteiger partial charge in [0.15, 0.2) is 0 Å². The van der Waals surface area contributed by atoms with Gasteiger partial charge in [-0.2, -0.15) is 0 Å². The smallest absolute Gasteiger partial charge is 0.402 e. The summed E-state index contributed by atoms with van der Waals surface area (Å²) < 4.78 is 0. The van der Waals surface area contributed by atoms with Crippen LogP contribution >= 0.6 is 0 Å². The van der Waals surface area contributed by atoms with E-state index in [1.807, 2.05) is 30.3 Å². The van der Waals surface area contributed by atoms with Crippen molar-refractivity contribution in [2.45, 2.75) is 0 Å². The first-order valence-corrected chi connectivity index (χ1v) is 3.49. The summed E-state index contributed by atoms with van der Waals surface area (Å²) in [4.78, 5) is 13.5. The summed E-state index contributed by atoms with van der Waals surface area (Å²) in [5.74, 6) is 0. The molecule has 0 aliphatic carbocycles. The molecule has 0 fully saturated rings. The van der Waals surface area contributed by atoms with Gasteiger partial charge >= 0.3 is 6.09 Å². The van der Waals surface area contributed by atoms with Gasteiger partial charge in [0, 0.05) is 0 Å². The predicted octanol–water partition coefficient (Wildman–Crippen LogP) is 1.28. The van der Waals surface area contributed by atoms with E-state index in [4.69, 9.17) is 9.90 Å². The maximum atomic E-state index is 8.78. The third kappa shape index (κ3) is 8.15. The number of carbonyl (C=O) groups is 1. The second kappa shape index (κ2) is 6.93. The quantitative estimate of drug-likeness (QED) is 0.604. The molecule has 0 saturated heterocycles. The molecule has 0 bridgehead atoms. The predicted molar refractivity (Wildman–Crippen MR) is 49.3 cm³/mol. The molecule has 0 radical (unpaired) electrons. The number of hydrogen-bond donors (Lipinski definition) is 3. The van der Waals surface area contributed by atoms with Crippen LogP contribution in [-0.2, 0) is 4.84 Å². The van der Waals surface area contributed by atoms with Crippen LogP contribution in [0.5, 0.6) is 0 Å². The van der Waals surface area contributed by atoms with Crippen molar-refractivity contribution in [3.63, 3.8) is 0 Å². The van der Waals surface area contributed by atoms with Gasteiger partial charge in [0.1, 0.15) is 0 Å². The van der Waals surface area contributed by atoms with Crippen LogP contribution < -0.4 is 11.2 Å². The van der Waals surface area contributed by atoms with Gasteiger partial charge in [-0.05, 0) is 12.1 Å². The van der Waals surface area contributed by atoms with E-state index in [1.54, 1.807) is 7.11 Å². The molecule has 0 atom stereocenters. The van der Waals surface area contributed by atoms with Crippen LogP contribution in [0.2, 0.25) is 0 Å². The van der Waals surface area contributed by atoms with Gasteiger partial charge in [-0.3, -0.25) is 10.3 Å². The minimum absolute atomic E-state index is 0.972. The second-order valence-corrected chi connectivity index (χ2v) is 2.01. The maximum absolute atomic E-state index is 8.78. The Balaban J connectivity index is 0.000000310. The molecular formula is C8H12N2O3. The zero-order valence-electron chi connectivity index (χ0n) is 7.23. The Hall–Kier alpha value is -1.75. The van der Waals surface area contributed by atoms with Gasteiger partial charge in [0.25, 0.3) is 0 Å². The average molecular weight is 184 g/mol. The molecule has 0 unspecified atom stereocenters. The lowest BCUT2D eigenvalue weighted by Gasteiger charge is -1.99. The summed E-state index contributed by atoms with van der Waals surface area (Å²) in [5.41, 5.74) is 7.71. The van der Waals surface area contributed by atoms with Gasteiger partial charge in [-0.25, -0.2) is 4.79 Å². The zero-order chi connectivity index (χ0) is 10.1. The summed E-state index contributed by atoms with van der Waals surface area (Å²) in [6.45, 7) is 0. The average Bonchev–Trinajstić information content (AvgIpc) is 2.06. The minimum Gasteiger partial charge on any atom is -0.465 e. The maximum Gasteiger partial charge on any atom is 0.402 e. The highest BCUT2D eigenvalue weighted by Crippen LogP contribution is 2.03. The van der Waals surface area contributed by atoms with Crippen molar-refractivity contribution in [2.75, 3.05) is 12.6 Å². The highest BCUT2D eigenvalue weighted by Gasteiger charge is 1.82. The van der Waals surface area contributed by atoms with E-state index in [-0.39, 0.29) is 0 Å². The summed E-state index contributed by atoms with van der Waals surface area (Å²) in [7, 11) is 1.59. The lowest BCUT2D eigenvalue weighted by molar-refractivity contribution is 0.205. The summed E-state index contributed by atoms with van der Waals surface area (Å²) in [6, 6.07) is 9.72. The van der Waals surface area contributed by atoms with Crippen molar-refractivity contribution in [3.05, 3.63) is 30.3 Å². The van der Waals surface area contributed by atoms with Crippen molar-refractivity contribution >= 4 is 11.8 Å². The molecule has 0 spiro atoms. The fourth-order valence-electron chi connectivity index (χ4n) is 0.624. The molecule has 1 aromatic rings. The van der Waals surface area contributed by atoms with Gasteiger partial charge in [0.05, 0.1) is 12.8 Å². The van der Waals surface area contributed by atoms with E-state index < -0.39 is 6.09 Å². The topological polar surface area (TPSA) is 84.6 Å². The number of rotatable bonds is 2. The Morgan fingerprint density at radius 3 is 2.31 bits per heavy atom. The van der Waals surface area contributed by atoms with Crippen molar-refractivity contribution in [1.29, 1.82) is 0 Å². The number of primary amides is 1. The molecule has 0 aliphatic rings. The van der Waals surface area contributed by atoms with Crippen LogP contribution in [0.15, 0.2) is 30.3 Å². The Labute approximate surface area is 76.1 Å². The molecule has 72 valence electrons. The van der Waals surface area contributed by atoms with Crippen molar-refractivity contribution in [1.82, 2.24) is 0 Å². The number of nitrogens with one attached hydrogen (secondary N) is 1. The highest BCUT2D eigenvalue weighted by molar-refractivity contribution is 5.61. The molecule has 1 amide bonds. The fourth-order valence-corrected chi connectivity index (χ4v) is 0.624. The van der Waals surface area contributed by atoms with E-state index in [0.29, 0.717) is 0 Å². The van der Waals surface area contributed by atoms with Gasteiger partial charge in [-0.1, -0.05) is 18.2 Å². The summed E-state index contributed by atoms with van der Waals surface area (Å²) in [5, 5.41) is 7.19. The number of carboxylic acid groups (broad SMARTS) is 1. The fraction of sp³-hybridized carbons (Fsp3) is 0.125. The van der Waals surface area contributed by atoms with E-state index >= 15 is 0 Å². The number of para-hydroxylation sites is 1. The first-order chi connectivity index (χ1) is 6.16. The molecule has 13 heavy (non-hydrogen) atoms. The Morgan fingerprint density at radius 1 is 1.46 bits per heavy atom. The van der Waals surface area contributed by atoms with Crippen LogP contribution in [0.3, 0.4) is 0 Å². The van der Waals surface area contributed by atoms with E-state index in [9.17, 15) is 0 Å². The largest absolute Gasteiger partial charge is 0.465 e. The van der Waals surface area contributed by atoms with Crippen LogP contribution in [0, 0.1) is 0 Å². The third-order valence-electron chi connectivity index (χ3n) is 0.994. The third-order valence-corrected chi connectivity index (χ3v) is 0.994. The van der Waals surface area contributed by atoms with Crippen LogP contribution in [0.25, 0.3) is 0 Å². The molecule has 0 aromatic heterocycles. The molecular weight excluding hydrogens is 172 g/mol.